The van der Waals surface area contributed by atoms with Gasteiger partial charge in [0.2, 0.25) is 0 Å². The number of likely N-dealkylation sites (tertiary alicyclic amines) is 1. The van der Waals surface area contributed by atoms with E-state index in [-0.39, 0.29) is 5.60 Å². The zero-order valence-corrected chi connectivity index (χ0v) is 8.47. The summed E-state index contributed by atoms with van der Waals surface area (Å²) in [5.74, 6) is 0.735. The standard InChI is InChI=1S/C9H16ClNO/c1-9(2)8-5-7(12-9)6-11(8)4-3-10/h7-8H,3-6H2,1-2H3/t7-,8+/m1/s1. The Kier molecular flexibility index (Phi) is 2.10. The van der Waals surface area contributed by atoms with Crippen molar-refractivity contribution in [1.82, 2.24) is 4.90 Å². The van der Waals surface area contributed by atoms with Gasteiger partial charge >= 0.3 is 0 Å². The Morgan fingerprint density at radius 3 is 2.83 bits per heavy atom. The Labute approximate surface area is 78.8 Å². The molecule has 0 amide bonds. The van der Waals surface area contributed by atoms with Crippen molar-refractivity contribution < 1.29 is 4.74 Å². The first-order valence-electron chi connectivity index (χ1n) is 4.61. The van der Waals surface area contributed by atoms with Gasteiger partial charge in [0, 0.05) is 25.0 Å². The van der Waals surface area contributed by atoms with E-state index in [4.69, 9.17) is 16.3 Å². The van der Waals surface area contributed by atoms with Crippen molar-refractivity contribution in [1.29, 1.82) is 0 Å². The number of ether oxygens (including phenoxy) is 1. The molecule has 2 aliphatic rings. The first kappa shape index (κ1) is 8.79. The number of halogens is 1. The molecule has 0 aromatic carbocycles. The molecule has 0 aromatic rings. The number of fused-ring (bicyclic) bond motifs is 2. The third-order valence-electron chi connectivity index (χ3n) is 3.01. The van der Waals surface area contributed by atoms with Crippen molar-refractivity contribution in [3.63, 3.8) is 0 Å². The Bertz CT molecular complexity index is 183. The summed E-state index contributed by atoms with van der Waals surface area (Å²) in [7, 11) is 0. The zero-order valence-electron chi connectivity index (χ0n) is 7.72. The van der Waals surface area contributed by atoms with Gasteiger partial charge in [-0.3, -0.25) is 4.90 Å². The number of morpholine rings is 1. The number of alkyl halides is 1. The van der Waals surface area contributed by atoms with Crippen LogP contribution < -0.4 is 0 Å². The van der Waals surface area contributed by atoms with Gasteiger partial charge in [-0.2, -0.15) is 0 Å². The number of rotatable bonds is 2. The monoisotopic (exact) mass is 189 g/mol. The van der Waals surface area contributed by atoms with Crippen LogP contribution in [0.4, 0.5) is 0 Å². The van der Waals surface area contributed by atoms with Gasteiger partial charge < -0.3 is 4.74 Å². The predicted molar refractivity (Wildman–Crippen MR) is 49.7 cm³/mol. The van der Waals surface area contributed by atoms with E-state index in [0.717, 1.165) is 19.0 Å². The molecule has 0 spiro atoms. The van der Waals surface area contributed by atoms with Crippen LogP contribution in [0.1, 0.15) is 20.3 Å². The van der Waals surface area contributed by atoms with Crippen LogP contribution in [0.2, 0.25) is 0 Å². The van der Waals surface area contributed by atoms with E-state index >= 15 is 0 Å². The highest BCUT2D eigenvalue weighted by Crippen LogP contribution is 2.39. The Morgan fingerprint density at radius 1 is 1.58 bits per heavy atom. The molecule has 12 heavy (non-hydrogen) atoms. The number of hydrogen-bond acceptors (Lipinski definition) is 2. The molecule has 2 rings (SSSR count). The van der Waals surface area contributed by atoms with Crippen molar-refractivity contribution in [2.75, 3.05) is 19.0 Å². The van der Waals surface area contributed by atoms with E-state index < -0.39 is 0 Å². The molecule has 0 unspecified atom stereocenters. The SMILES string of the molecule is CC1(C)O[C@@H]2C[C@@H]1N(CCCl)C2. The highest BCUT2D eigenvalue weighted by molar-refractivity contribution is 6.18. The third kappa shape index (κ3) is 1.26. The summed E-state index contributed by atoms with van der Waals surface area (Å²) in [6, 6.07) is 0.598. The topological polar surface area (TPSA) is 12.5 Å². The molecule has 2 nitrogen and oxygen atoms in total. The molecule has 2 heterocycles. The van der Waals surface area contributed by atoms with Crippen LogP contribution in [0.25, 0.3) is 0 Å². The fraction of sp³-hybridized carbons (Fsp3) is 1.00. The van der Waals surface area contributed by atoms with Gasteiger partial charge in [-0.1, -0.05) is 0 Å². The van der Waals surface area contributed by atoms with Crippen LogP contribution in [0.3, 0.4) is 0 Å². The summed E-state index contributed by atoms with van der Waals surface area (Å²) in [5, 5.41) is 0. The Hall–Kier alpha value is 0.210. The van der Waals surface area contributed by atoms with Crippen LogP contribution in [-0.2, 0) is 4.74 Å². The molecule has 2 fully saturated rings. The number of hydrogen-bond donors (Lipinski definition) is 0. The normalized spacial score (nSPS) is 39.2. The summed E-state index contributed by atoms with van der Waals surface area (Å²) in [6.45, 7) is 6.45. The van der Waals surface area contributed by atoms with Gasteiger partial charge in [0.05, 0.1) is 11.7 Å². The molecule has 0 aliphatic carbocycles. The first-order chi connectivity index (χ1) is 5.63. The average molecular weight is 190 g/mol. The summed E-state index contributed by atoms with van der Waals surface area (Å²) in [4.78, 5) is 2.46. The first-order valence-corrected chi connectivity index (χ1v) is 5.15. The van der Waals surface area contributed by atoms with E-state index in [0.29, 0.717) is 12.1 Å². The maximum absolute atomic E-state index is 5.84. The van der Waals surface area contributed by atoms with Crippen LogP contribution in [-0.4, -0.2) is 41.6 Å². The van der Waals surface area contributed by atoms with Crippen molar-refractivity contribution in [3.8, 4) is 0 Å². The van der Waals surface area contributed by atoms with Crippen molar-refractivity contribution in [3.05, 3.63) is 0 Å². The lowest BCUT2D eigenvalue weighted by Gasteiger charge is -2.38. The lowest BCUT2D eigenvalue weighted by Crippen LogP contribution is -2.49. The van der Waals surface area contributed by atoms with Gasteiger partial charge in [0.1, 0.15) is 0 Å². The Morgan fingerprint density at radius 2 is 2.33 bits per heavy atom. The van der Waals surface area contributed by atoms with Crippen LogP contribution in [0.15, 0.2) is 0 Å². The highest BCUT2D eigenvalue weighted by atomic mass is 35.5. The summed E-state index contributed by atoms with van der Waals surface area (Å²) >= 11 is 5.73. The molecule has 0 aromatic heterocycles. The largest absolute Gasteiger partial charge is 0.369 e. The molecular weight excluding hydrogens is 174 g/mol. The minimum Gasteiger partial charge on any atom is -0.369 e. The van der Waals surface area contributed by atoms with E-state index in [1.807, 2.05) is 0 Å². The lowest BCUT2D eigenvalue weighted by atomic mass is 9.99. The average Bonchev–Trinajstić information content (AvgIpc) is 2.42. The molecule has 2 bridgehead atoms. The molecule has 2 aliphatic heterocycles. The molecule has 0 radical (unpaired) electrons. The van der Waals surface area contributed by atoms with Crippen molar-refractivity contribution in [2.24, 2.45) is 0 Å². The van der Waals surface area contributed by atoms with Crippen LogP contribution in [0.5, 0.6) is 0 Å². The molecule has 0 N–H and O–H groups in total. The maximum Gasteiger partial charge on any atom is 0.0786 e. The minimum absolute atomic E-state index is 0.0506. The summed E-state index contributed by atoms with van der Waals surface area (Å²) < 4.78 is 5.84. The molecule has 3 heteroatoms. The second-order valence-electron chi connectivity index (χ2n) is 4.28. The minimum atomic E-state index is 0.0506. The zero-order chi connectivity index (χ0) is 8.77. The second kappa shape index (κ2) is 2.86. The molecule has 0 saturated carbocycles. The van der Waals surface area contributed by atoms with E-state index in [1.54, 1.807) is 0 Å². The van der Waals surface area contributed by atoms with E-state index in [1.165, 1.54) is 6.42 Å². The van der Waals surface area contributed by atoms with Gasteiger partial charge in [0.15, 0.2) is 0 Å². The number of nitrogens with zero attached hydrogens (tertiary/aromatic N) is 1. The quantitative estimate of drug-likeness (QED) is 0.611. The van der Waals surface area contributed by atoms with Gasteiger partial charge in [-0.05, 0) is 20.3 Å². The third-order valence-corrected chi connectivity index (χ3v) is 3.18. The van der Waals surface area contributed by atoms with Gasteiger partial charge in [-0.25, -0.2) is 0 Å². The van der Waals surface area contributed by atoms with Crippen LogP contribution in [0, 0.1) is 0 Å². The molecule has 2 saturated heterocycles. The summed E-state index contributed by atoms with van der Waals surface area (Å²) in [6.07, 6.45) is 1.66. The van der Waals surface area contributed by atoms with E-state index in [2.05, 4.69) is 18.7 Å². The highest BCUT2D eigenvalue weighted by Gasteiger charge is 2.50. The van der Waals surface area contributed by atoms with Crippen LogP contribution >= 0.6 is 11.6 Å². The van der Waals surface area contributed by atoms with Crippen molar-refractivity contribution in [2.45, 2.75) is 38.0 Å². The predicted octanol–water partition coefficient (Wildman–Crippen LogP) is 1.48. The van der Waals surface area contributed by atoms with Gasteiger partial charge in [-0.15, -0.1) is 11.6 Å². The lowest BCUT2D eigenvalue weighted by molar-refractivity contribution is -0.0886. The fourth-order valence-electron chi connectivity index (χ4n) is 2.53. The van der Waals surface area contributed by atoms with Gasteiger partial charge in [0.25, 0.3) is 0 Å². The fourth-order valence-corrected chi connectivity index (χ4v) is 2.75. The molecule has 70 valence electrons. The summed E-state index contributed by atoms with van der Waals surface area (Å²) in [5.41, 5.74) is 0.0506. The molecular formula is C9H16ClNO. The smallest absolute Gasteiger partial charge is 0.0786 e. The second-order valence-corrected chi connectivity index (χ2v) is 4.66. The van der Waals surface area contributed by atoms with E-state index in [9.17, 15) is 0 Å². The molecule has 2 atom stereocenters. The maximum atomic E-state index is 5.84. The Balaban J connectivity index is 2.05. The van der Waals surface area contributed by atoms with Crippen molar-refractivity contribution >= 4 is 11.6 Å².